The molecule has 8 rings (SSSR count). The van der Waals surface area contributed by atoms with Gasteiger partial charge in [-0.25, -0.2) is 9.97 Å². The molecule has 0 bridgehead atoms. The van der Waals surface area contributed by atoms with Gasteiger partial charge in [-0.1, -0.05) is 72.8 Å². The van der Waals surface area contributed by atoms with Gasteiger partial charge in [0.1, 0.15) is 11.5 Å². The molecule has 5 aromatic carbocycles. The van der Waals surface area contributed by atoms with E-state index in [1.54, 1.807) is 0 Å². The quantitative estimate of drug-likeness (QED) is 0.245. The lowest BCUT2D eigenvalue weighted by molar-refractivity contribution is 1.16. The minimum absolute atomic E-state index is 0.886. The zero-order valence-electron chi connectivity index (χ0n) is 20.5. The van der Waals surface area contributed by atoms with Crippen molar-refractivity contribution < 1.29 is 0 Å². The molecule has 1 aliphatic heterocycles. The van der Waals surface area contributed by atoms with Gasteiger partial charge in [-0.2, -0.15) is 0 Å². The Hall–Kier alpha value is -5.22. The zero-order chi connectivity index (χ0) is 25.1. The Kier molecular flexibility index (Phi) is 4.49. The van der Waals surface area contributed by atoms with Crippen molar-refractivity contribution in [2.45, 2.75) is 0 Å². The van der Waals surface area contributed by atoms with Crippen LogP contribution in [0.15, 0.2) is 121 Å². The standard InChI is InChI=1S/C34H22N4/c1-2-11-26(12-3-1)37-30-16-8-4-10-23(30)18-19-24-22-25(20-21-31(24)37)33-35-28-14-6-5-13-27(28)34-36-29-15-7-9-17-32(29)38(33)34/h1-22H. The van der Waals surface area contributed by atoms with Gasteiger partial charge in [-0.05, 0) is 71.8 Å². The lowest BCUT2D eigenvalue weighted by Crippen LogP contribution is -2.11. The van der Waals surface area contributed by atoms with E-state index in [0.29, 0.717) is 0 Å². The number of benzene rings is 5. The molecule has 0 saturated heterocycles. The summed E-state index contributed by atoms with van der Waals surface area (Å²) in [4.78, 5) is 12.5. The van der Waals surface area contributed by atoms with E-state index < -0.39 is 0 Å². The van der Waals surface area contributed by atoms with Crippen molar-refractivity contribution >= 4 is 56.8 Å². The maximum atomic E-state index is 5.17. The SMILES string of the molecule is C1=Cc2cc(-c3nc4ccccc4c4nc5ccccc5n34)ccc2N(c2ccccc2)c2ccccc21. The predicted octanol–water partition coefficient (Wildman–Crippen LogP) is 8.66. The van der Waals surface area contributed by atoms with Crippen molar-refractivity contribution in [3.63, 3.8) is 0 Å². The molecule has 178 valence electrons. The van der Waals surface area contributed by atoms with Gasteiger partial charge in [-0.3, -0.25) is 4.40 Å². The van der Waals surface area contributed by atoms with Crippen molar-refractivity contribution in [1.82, 2.24) is 14.4 Å². The summed E-state index contributed by atoms with van der Waals surface area (Å²) in [6, 6.07) is 42.3. The van der Waals surface area contributed by atoms with Crippen LogP contribution in [0.3, 0.4) is 0 Å². The molecule has 0 N–H and O–H groups in total. The highest BCUT2D eigenvalue weighted by Crippen LogP contribution is 2.43. The summed E-state index contributed by atoms with van der Waals surface area (Å²) in [5, 5.41) is 1.05. The molecule has 4 nitrogen and oxygen atoms in total. The maximum absolute atomic E-state index is 5.17. The first-order valence-corrected chi connectivity index (χ1v) is 12.8. The molecule has 0 amide bonds. The Balaban J connectivity index is 1.41. The molecule has 2 aromatic heterocycles. The van der Waals surface area contributed by atoms with Crippen LogP contribution in [-0.4, -0.2) is 14.4 Å². The number of fused-ring (bicyclic) bond motifs is 7. The van der Waals surface area contributed by atoms with Crippen molar-refractivity contribution in [3.05, 3.63) is 132 Å². The third kappa shape index (κ3) is 3.10. The normalized spacial score (nSPS) is 12.6. The van der Waals surface area contributed by atoms with Crippen LogP contribution in [0.1, 0.15) is 11.1 Å². The van der Waals surface area contributed by atoms with Gasteiger partial charge in [0.15, 0.2) is 0 Å². The molecule has 0 spiro atoms. The number of hydrogen-bond acceptors (Lipinski definition) is 3. The molecule has 3 heterocycles. The lowest BCUT2D eigenvalue weighted by Gasteiger charge is -2.27. The second-order valence-electron chi connectivity index (χ2n) is 9.55. The summed E-state index contributed by atoms with van der Waals surface area (Å²) >= 11 is 0. The van der Waals surface area contributed by atoms with E-state index in [0.717, 1.165) is 61.6 Å². The largest absolute Gasteiger partial charge is 0.309 e. The number of para-hydroxylation sites is 5. The Bertz CT molecular complexity index is 2040. The third-order valence-corrected chi connectivity index (χ3v) is 7.31. The van der Waals surface area contributed by atoms with Crippen LogP contribution in [0.2, 0.25) is 0 Å². The minimum atomic E-state index is 0.886. The van der Waals surface area contributed by atoms with E-state index in [1.807, 2.05) is 18.2 Å². The van der Waals surface area contributed by atoms with Gasteiger partial charge >= 0.3 is 0 Å². The molecular formula is C34H22N4. The van der Waals surface area contributed by atoms with Gasteiger partial charge in [0.25, 0.3) is 0 Å². The smallest absolute Gasteiger partial charge is 0.149 e. The molecule has 0 fully saturated rings. The summed E-state index contributed by atoms with van der Waals surface area (Å²) in [5.41, 5.74) is 10.7. The van der Waals surface area contributed by atoms with Crippen LogP contribution in [0.5, 0.6) is 0 Å². The van der Waals surface area contributed by atoms with Crippen LogP contribution in [0, 0.1) is 0 Å². The van der Waals surface area contributed by atoms with E-state index in [1.165, 1.54) is 5.56 Å². The van der Waals surface area contributed by atoms with E-state index in [2.05, 4.69) is 125 Å². The fraction of sp³-hybridized carbons (Fsp3) is 0. The highest BCUT2D eigenvalue weighted by molar-refractivity contribution is 5.99. The first-order valence-electron chi connectivity index (χ1n) is 12.8. The van der Waals surface area contributed by atoms with Gasteiger partial charge in [0, 0.05) is 16.6 Å². The number of aromatic nitrogens is 3. The van der Waals surface area contributed by atoms with E-state index >= 15 is 0 Å². The number of rotatable bonds is 2. The minimum Gasteiger partial charge on any atom is -0.309 e. The van der Waals surface area contributed by atoms with Gasteiger partial charge in [-0.15, -0.1) is 0 Å². The summed E-state index contributed by atoms with van der Waals surface area (Å²) in [6.07, 6.45) is 4.42. The molecule has 1 aliphatic rings. The number of imidazole rings is 1. The highest BCUT2D eigenvalue weighted by atomic mass is 15.1. The average molecular weight is 487 g/mol. The van der Waals surface area contributed by atoms with E-state index in [9.17, 15) is 0 Å². The summed E-state index contributed by atoms with van der Waals surface area (Å²) in [6.45, 7) is 0. The third-order valence-electron chi connectivity index (χ3n) is 7.31. The number of nitrogens with zero attached hydrogens (tertiary/aromatic N) is 4. The monoisotopic (exact) mass is 486 g/mol. The summed E-state index contributed by atoms with van der Waals surface area (Å²) in [7, 11) is 0. The van der Waals surface area contributed by atoms with E-state index in [-0.39, 0.29) is 0 Å². The van der Waals surface area contributed by atoms with Gasteiger partial charge in [0.2, 0.25) is 0 Å². The van der Waals surface area contributed by atoms with Crippen LogP contribution >= 0.6 is 0 Å². The molecule has 0 aliphatic carbocycles. The average Bonchev–Trinajstić information content (AvgIpc) is 3.29. The fourth-order valence-corrected chi connectivity index (χ4v) is 5.57. The van der Waals surface area contributed by atoms with Crippen LogP contribution in [0.4, 0.5) is 17.1 Å². The Morgan fingerprint density at radius 1 is 0.526 bits per heavy atom. The van der Waals surface area contributed by atoms with Crippen molar-refractivity contribution in [2.75, 3.05) is 4.90 Å². The summed E-state index contributed by atoms with van der Waals surface area (Å²) < 4.78 is 2.20. The lowest BCUT2D eigenvalue weighted by atomic mass is 10.1. The topological polar surface area (TPSA) is 33.4 Å². The Labute approximate surface area is 219 Å². The Morgan fingerprint density at radius 2 is 1.24 bits per heavy atom. The van der Waals surface area contributed by atoms with Crippen molar-refractivity contribution in [3.8, 4) is 11.4 Å². The first kappa shape index (κ1) is 20.9. The molecular weight excluding hydrogens is 464 g/mol. The molecule has 0 atom stereocenters. The molecule has 0 radical (unpaired) electrons. The van der Waals surface area contributed by atoms with Crippen LogP contribution in [-0.2, 0) is 0 Å². The van der Waals surface area contributed by atoms with Crippen LogP contribution < -0.4 is 4.90 Å². The first-order chi connectivity index (χ1) is 18.8. The molecule has 4 heteroatoms. The number of hydrogen-bond donors (Lipinski definition) is 0. The fourth-order valence-electron chi connectivity index (χ4n) is 5.57. The molecule has 7 aromatic rings. The van der Waals surface area contributed by atoms with Crippen molar-refractivity contribution in [2.24, 2.45) is 0 Å². The number of anilines is 3. The second kappa shape index (κ2) is 8.15. The van der Waals surface area contributed by atoms with E-state index in [4.69, 9.17) is 9.97 Å². The second-order valence-corrected chi connectivity index (χ2v) is 9.55. The Morgan fingerprint density at radius 3 is 2.16 bits per heavy atom. The molecule has 38 heavy (non-hydrogen) atoms. The zero-order valence-corrected chi connectivity index (χ0v) is 20.5. The molecule has 0 saturated carbocycles. The predicted molar refractivity (Wildman–Crippen MR) is 157 cm³/mol. The maximum Gasteiger partial charge on any atom is 0.149 e. The molecule has 0 unspecified atom stereocenters. The van der Waals surface area contributed by atoms with Crippen LogP contribution in [0.25, 0.3) is 51.1 Å². The summed E-state index contributed by atoms with van der Waals surface area (Å²) in [5.74, 6) is 0.886. The van der Waals surface area contributed by atoms with Crippen molar-refractivity contribution in [1.29, 1.82) is 0 Å². The van der Waals surface area contributed by atoms with Gasteiger partial charge < -0.3 is 4.90 Å². The highest BCUT2D eigenvalue weighted by Gasteiger charge is 2.21. The van der Waals surface area contributed by atoms with Gasteiger partial charge in [0.05, 0.1) is 27.9 Å².